The van der Waals surface area contributed by atoms with E-state index in [2.05, 4.69) is 15.8 Å². The molecule has 2 rings (SSSR count). The van der Waals surface area contributed by atoms with Crippen molar-refractivity contribution in [2.75, 3.05) is 19.0 Å². The number of carbonyl (C=O) groups is 1. The lowest BCUT2D eigenvalue weighted by molar-refractivity contribution is 0.252. The number of nitrogens with zero attached hydrogens (tertiary/aromatic N) is 1. The zero-order valence-electron chi connectivity index (χ0n) is 13.1. The van der Waals surface area contributed by atoms with Crippen LogP contribution >= 0.6 is 0 Å². The predicted octanol–water partition coefficient (Wildman–Crippen LogP) is 3.25. The van der Waals surface area contributed by atoms with Gasteiger partial charge in [-0.1, -0.05) is 18.2 Å². The third-order valence-corrected chi connectivity index (χ3v) is 2.90. The van der Waals surface area contributed by atoms with Crippen molar-refractivity contribution in [3.63, 3.8) is 0 Å². The third-order valence-electron chi connectivity index (χ3n) is 2.90. The molecular formula is C17H19N3O3. The summed E-state index contributed by atoms with van der Waals surface area (Å²) in [5, 5.41) is 6.58. The van der Waals surface area contributed by atoms with Crippen LogP contribution in [0.3, 0.4) is 0 Å². The minimum absolute atomic E-state index is 0.411. The standard InChI is InChI=1S/C17H19N3O3/c1-3-23-16-11-13(9-10-15(16)22-2)12-18-20-17(21)19-14-7-5-4-6-8-14/h4-12H,3H2,1-2H3,(H2,19,20,21)/b18-12+. The van der Waals surface area contributed by atoms with Gasteiger partial charge in [0, 0.05) is 5.69 Å². The molecule has 0 atom stereocenters. The smallest absolute Gasteiger partial charge is 0.339 e. The van der Waals surface area contributed by atoms with Gasteiger partial charge in [-0.15, -0.1) is 0 Å². The molecule has 0 spiro atoms. The molecule has 2 amide bonds. The van der Waals surface area contributed by atoms with E-state index in [1.54, 1.807) is 31.4 Å². The molecule has 0 unspecified atom stereocenters. The molecular weight excluding hydrogens is 294 g/mol. The van der Waals surface area contributed by atoms with Gasteiger partial charge in [0.05, 0.1) is 19.9 Å². The molecule has 0 aliphatic carbocycles. The maximum Gasteiger partial charge on any atom is 0.339 e. The monoisotopic (exact) mass is 313 g/mol. The second-order valence-electron chi connectivity index (χ2n) is 4.53. The van der Waals surface area contributed by atoms with Crippen LogP contribution in [0.1, 0.15) is 12.5 Å². The zero-order valence-corrected chi connectivity index (χ0v) is 13.1. The van der Waals surface area contributed by atoms with E-state index in [-0.39, 0.29) is 0 Å². The van der Waals surface area contributed by atoms with Crippen molar-refractivity contribution in [1.29, 1.82) is 0 Å². The Bertz CT molecular complexity index is 672. The van der Waals surface area contributed by atoms with Crippen molar-refractivity contribution in [2.45, 2.75) is 6.92 Å². The van der Waals surface area contributed by atoms with Crippen LogP contribution in [-0.2, 0) is 0 Å². The number of hydrogen-bond acceptors (Lipinski definition) is 4. The van der Waals surface area contributed by atoms with Crippen molar-refractivity contribution in [1.82, 2.24) is 5.43 Å². The molecule has 0 saturated carbocycles. The maximum atomic E-state index is 11.7. The number of rotatable bonds is 6. The number of urea groups is 1. The molecule has 2 N–H and O–H groups in total. The lowest BCUT2D eigenvalue weighted by atomic mass is 10.2. The number of benzene rings is 2. The summed E-state index contributed by atoms with van der Waals surface area (Å²) >= 11 is 0. The molecule has 0 aliphatic heterocycles. The Morgan fingerprint density at radius 3 is 2.65 bits per heavy atom. The maximum absolute atomic E-state index is 11.7. The van der Waals surface area contributed by atoms with E-state index < -0.39 is 6.03 Å². The number of hydrogen-bond donors (Lipinski definition) is 2. The van der Waals surface area contributed by atoms with E-state index in [9.17, 15) is 4.79 Å². The zero-order chi connectivity index (χ0) is 16.5. The van der Waals surface area contributed by atoms with Crippen molar-refractivity contribution >= 4 is 17.9 Å². The van der Waals surface area contributed by atoms with Crippen molar-refractivity contribution < 1.29 is 14.3 Å². The van der Waals surface area contributed by atoms with E-state index in [0.717, 1.165) is 5.56 Å². The van der Waals surface area contributed by atoms with Gasteiger partial charge in [-0.05, 0) is 42.8 Å². The molecule has 6 heteroatoms. The average Bonchev–Trinajstić information content (AvgIpc) is 2.56. The first-order chi connectivity index (χ1) is 11.2. The van der Waals surface area contributed by atoms with Crippen LogP contribution in [0.5, 0.6) is 11.5 Å². The number of ether oxygens (including phenoxy) is 2. The number of hydrazone groups is 1. The summed E-state index contributed by atoms with van der Waals surface area (Å²) < 4.78 is 10.7. The Balaban J connectivity index is 1.94. The molecule has 2 aromatic rings. The number of amides is 2. The number of para-hydroxylation sites is 1. The summed E-state index contributed by atoms with van der Waals surface area (Å²) in [5.74, 6) is 1.28. The Morgan fingerprint density at radius 1 is 1.17 bits per heavy atom. The third kappa shape index (κ3) is 5.03. The van der Waals surface area contributed by atoms with Crippen LogP contribution in [0.2, 0.25) is 0 Å². The summed E-state index contributed by atoms with van der Waals surface area (Å²) in [5.41, 5.74) is 3.89. The highest BCUT2D eigenvalue weighted by Crippen LogP contribution is 2.27. The lowest BCUT2D eigenvalue weighted by Crippen LogP contribution is -2.24. The van der Waals surface area contributed by atoms with Crippen LogP contribution in [-0.4, -0.2) is 26.0 Å². The highest BCUT2D eigenvalue weighted by Gasteiger charge is 2.04. The minimum Gasteiger partial charge on any atom is -0.493 e. The van der Waals surface area contributed by atoms with Crippen molar-refractivity contribution in [3.8, 4) is 11.5 Å². The molecule has 0 bridgehead atoms. The van der Waals surface area contributed by atoms with Crippen LogP contribution in [0, 0.1) is 0 Å². The number of carbonyl (C=O) groups excluding carboxylic acids is 1. The quantitative estimate of drug-likeness (QED) is 0.635. The van der Waals surface area contributed by atoms with Crippen LogP contribution in [0.4, 0.5) is 10.5 Å². The fourth-order valence-electron chi connectivity index (χ4n) is 1.89. The molecule has 0 aromatic heterocycles. The molecule has 0 heterocycles. The van der Waals surface area contributed by atoms with Gasteiger partial charge in [-0.2, -0.15) is 5.10 Å². The summed E-state index contributed by atoms with van der Waals surface area (Å²) in [6, 6.07) is 14.1. The first kappa shape index (κ1) is 16.4. The number of nitrogens with one attached hydrogen (secondary N) is 2. The van der Waals surface area contributed by atoms with Gasteiger partial charge in [0.15, 0.2) is 11.5 Å². The Labute approximate surface area is 135 Å². The summed E-state index contributed by atoms with van der Waals surface area (Å²) in [6.45, 7) is 2.43. The van der Waals surface area contributed by atoms with Crippen molar-refractivity contribution in [3.05, 3.63) is 54.1 Å². The molecule has 120 valence electrons. The second-order valence-corrected chi connectivity index (χ2v) is 4.53. The van der Waals surface area contributed by atoms with Crippen LogP contribution in [0.25, 0.3) is 0 Å². The van der Waals surface area contributed by atoms with Gasteiger partial charge in [0.25, 0.3) is 0 Å². The van der Waals surface area contributed by atoms with Crippen molar-refractivity contribution in [2.24, 2.45) is 5.10 Å². The summed E-state index contributed by atoms with van der Waals surface area (Å²) in [6.07, 6.45) is 1.53. The fourth-order valence-corrected chi connectivity index (χ4v) is 1.89. The SMILES string of the molecule is CCOc1cc(/C=N/NC(=O)Nc2ccccc2)ccc1OC. The summed E-state index contributed by atoms with van der Waals surface area (Å²) in [7, 11) is 1.58. The largest absolute Gasteiger partial charge is 0.493 e. The second kappa shape index (κ2) is 8.43. The highest BCUT2D eigenvalue weighted by molar-refractivity contribution is 5.90. The molecule has 0 fully saturated rings. The molecule has 2 aromatic carbocycles. The average molecular weight is 313 g/mol. The Hall–Kier alpha value is -3.02. The molecule has 6 nitrogen and oxygen atoms in total. The number of methoxy groups -OCH3 is 1. The normalized spacial score (nSPS) is 10.3. The Kier molecular flexibility index (Phi) is 5.99. The van der Waals surface area contributed by atoms with Gasteiger partial charge >= 0.3 is 6.03 Å². The van der Waals surface area contributed by atoms with Crippen LogP contribution in [0.15, 0.2) is 53.6 Å². The van der Waals surface area contributed by atoms with E-state index in [1.807, 2.05) is 31.2 Å². The lowest BCUT2D eigenvalue weighted by Gasteiger charge is -2.09. The molecule has 0 saturated heterocycles. The van der Waals surface area contributed by atoms with E-state index in [4.69, 9.17) is 9.47 Å². The fraction of sp³-hybridized carbons (Fsp3) is 0.176. The highest BCUT2D eigenvalue weighted by atomic mass is 16.5. The van der Waals surface area contributed by atoms with Gasteiger partial charge in [-0.25, -0.2) is 10.2 Å². The first-order valence-electron chi connectivity index (χ1n) is 7.19. The molecule has 23 heavy (non-hydrogen) atoms. The molecule has 0 radical (unpaired) electrons. The first-order valence-corrected chi connectivity index (χ1v) is 7.19. The van der Waals surface area contributed by atoms with E-state index in [0.29, 0.717) is 23.8 Å². The van der Waals surface area contributed by atoms with Crippen LogP contribution < -0.4 is 20.2 Å². The van der Waals surface area contributed by atoms with E-state index in [1.165, 1.54) is 6.21 Å². The molecule has 0 aliphatic rings. The summed E-state index contributed by atoms with van der Waals surface area (Å²) in [4.78, 5) is 11.7. The van der Waals surface area contributed by atoms with Gasteiger partial charge < -0.3 is 14.8 Å². The number of anilines is 1. The Morgan fingerprint density at radius 2 is 1.96 bits per heavy atom. The minimum atomic E-state index is -0.411. The van der Waals surface area contributed by atoms with Gasteiger partial charge in [0.2, 0.25) is 0 Å². The van der Waals surface area contributed by atoms with Gasteiger partial charge in [-0.3, -0.25) is 0 Å². The topological polar surface area (TPSA) is 72.0 Å². The van der Waals surface area contributed by atoms with E-state index >= 15 is 0 Å². The van der Waals surface area contributed by atoms with Gasteiger partial charge in [0.1, 0.15) is 0 Å². The predicted molar refractivity (Wildman–Crippen MR) is 90.4 cm³/mol.